The highest BCUT2D eigenvalue weighted by Gasteiger charge is 2.43. The molecule has 0 unspecified atom stereocenters. The first-order valence-electron chi connectivity index (χ1n) is 4.00. The molecular weight excluding hydrogens is 208 g/mol. The van der Waals surface area contributed by atoms with Crippen molar-refractivity contribution in [1.82, 2.24) is 0 Å². The first-order valence-corrected chi connectivity index (χ1v) is 4.92. The minimum atomic E-state index is -0.228. The molecule has 1 rings (SSSR count). The predicted molar refractivity (Wildman–Crippen MR) is 47.7 cm³/mol. The molecule has 3 heteroatoms. The molecule has 0 radical (unpaired) electrons. The second kappa shape index (κ2) is 3.42. The summed E-state index contributed by atoms with van der Waals surface area (Å²) in [6, 6.07) is 0. The van der Waals surface area contributed by atoms with E-state index in [0.717, 1.165) is 12.8 Å². The molecule has 0 aromatic carbocycles. The summed E-state index contributed by atoms with van der Waals surface area (Å²) in [5.74, 6) is 0.418. The highest BCUT2D eigenvalue weighted by atomic mass is 79.9. The summed E-state index contributed by atoms with van der Waals surface area (Å²) in [5.41, 5.74) is -0.228. The van der Waals surface area contributed by atoms with Crippen LogP contribution in [0.3, 0.4) is 0 Å². The first kappa shape index (κ1) is 9.49. The van der Waals surface area contributed by atoms with Gasteiger partial charge in [0.15, 0.2) is 0 Å². The number of alkyl halides is 1. The van der Waals surface area contributed by atoms with Gasteiger partial charge in [0, 0.05) is 10.2 Å². The van der Waals surface area contributed by atoms with Crippen LogP contribution in [-0.2, 0) is 0 Å². The summed E-state index contributed by atoms with van der Waals surface area (Å²) in [6.07, 6.45) is 1.95. The quantitative estimate of drug-likeness (QED) is 0.689. The van der Waals surface area contributed by atoms with E-state index >= 15 is 0 Å². The fourth-order valence-electron chi connectivity index (χ4n) is 1.85. The van der Waals surface area contributed by atoms with E-state index in [9.17, 15) is 0 Å². The van der Waals surface area contributed by atoms with Crippen molar-refractivity contribution in [2.24, 2.45) is 11.3 Å². The molecule has 66 valence electrons. The number of halogens is 1. The zero-order chi connectivity index (χ0) is 8.48. The summed E-state index contributed by atoms with van der Waals surface area (Å²) in [5, 5.41) is 18.2. The molecule has 0 aromatic rings. The number of aliphatic hydroxyl groups is 2. The average molecular weight is 223 g/mol. The van der Waals surface area contributed by atoms with Gasteiger partial charge in [-0.15, -0.1) is 0 Å². The average Bonchev–Trinajstić information content (AvgIpc) is 2.27. The van der Waals surface area contributed by atoms with Crippen LogP contribution in [0.4, 0.5) is 0 Å². The lowest BCUT2D eigenvalue weighted by Crippen LogP contribution is -2.32. The molecule has 2 nitrogen and oxygen atoms in total. The minimum Gasteiger partial charge on any atom is -0.396 e. The zero-order valence-electron chi connectivity index (χ0n) is 6.76. The molecule has 1 aliphatic carbocycles. The first-order chi connectivity index (χ1) is 5.14. The van der Waals surface area contributed by atoms with Crippen LogP contribution in [-0.4, -0.2) is 28.3 Å². The Kier molecular flexibility index (Phi) is 2.95. The summed E-state index contributed by atoms with van der Waals surface area (Å²) in [4.78, 5) is 0.469. The maximum absolute atomic E-state index is 9.12. The normalized spacial score (nSPS) is 36.0. The molecule has 0 saturated heterocycles. The Bertz CT molecular complexity index is 134. The highest BCUT2D eigenvalue weighted by Crippen LogP contribution is 2.45. The Morgan fingerprint density at radius 2 is 2.00 bits per heavy atom. The van der Waals surface area contributed by atoms with Crippen molar-refractivity contribution in [1.29, 1.82) is 0 Å². The third-order valence-corrected chi connectivity index (χ3v) is 3.61. The Morgan fingerprint density at radius 3 is 2.18 bits per heavy atom. The van der Waals surface area contributed by atoms with Crippen LogP contribution >= 0.6 is 15.9 Å². The van der Waals surface area contributed by atoms with E-state index in [0.29, 0.717) is 10.7 Å². The van der Waals surface area contributed by atoms with Gasteiger partial charge in [-0.2, -0.15) is 0 Å². The summed E-state index contributed by atoms with van der Waals surface area (Å²) < 4.78 is 0. The zero-order valence-corrected chi connectivity index (χ0v) is 8.34. The van der Waals surface area contributed by atoms with Gasteiger partial charge in [-0.25, -0.2) is 0 Å². The van der Waals surface area contributed by atoms with Gasteiger partial charge in [-0.05, 0) is 18.8 Å². The van der Waals surface area contributed by atoms with E-state index in [4.69, 9.17) is 10.2 Å². The summed E-state index contributed by atoms with van der Waals surface area (Å²) >= 11 is 3.51. The molecule has 2 atom stereocenters. The van der Waals surface area contributed by atoms with Crippen molar-refractivity contribution >= 4 is 15.9 Å². The second-order valence-corrected chi connectivity index (χ2v) is 4.91. The Balaban J connectivity index is 2.67. The molecule has 1 saturated carbocycles. The van der Waals surface area contributed by atoms with Crippen molar-refractivity contribution in [3.63, 3.8) is 0 Å². The van der Waals surface area contributed by atoms with Gasteiger partial charge in [0.25, 0.3) is 0 Å². The van der Waals surface area contributed by atoms with Gasteiger partial charge >= 0.3 is 0 Å². The van der Waals surface area contributed by atoms with Crippen LogP contribution in [0, 0.1) is 11.3 Å². The van der Waals surface area contributed by atoms with E-state index < -0.39 is 0 Å². The molecule has 1 aliphatic rings. The van der Waals surface area contributed by atoms with Gasteiger partial charge in [-0.3, -0.25) is 0 Å². The third kappa shape index (κ3) is 1.60. The van der Waals surface area contributed by atoms with E-state index in [-0.39, 0.29) is 18.6 Å². The number of aliphatic hydroxyl groups excluding tert-OH is 2. The van der Waals surface area contributed by atoms with Gasteiger partial charge in [-0.1, -0.05) is 22.9 Å². The molecule has 2 N–H and O–H groups in total. The lowest BCUT2D eigenvalue weighted by Gasteiger charge is -2.28. The van der Waals surface area contributed by atoms with Crippen LogP contribution in [0.25, 0.3) is 0 Å². The molecule has 0 spiro atoms. The molecule has 1 fully saturated rings. The maximum Gasteiger partial charge on any atom is 0.0512 e. The van der Waals surface area contributed by atoms with Crippen LogP contribution in [0.2, 0.25) is 0 Å². The Hall–Kier alpha value is 0.400. The van der Waals surface area contributed by atoms with Crippen molar-refractivity contribution in [2.75, 3.05) is 13.2 Å². The number of hydrogen-bond donors (Lipinski definition) is 2. The predicted octanol–water partition coefficient (Wildman–Crippen LogP) is 1.15. The van der Waals surface area contributed by atoms with Gasteiger partial charge in [0.05, 0.1) is 13.2 Å². The molecule has 11 heavy (non-hydrogen) atoms. The fraction of sp³-hybridized carbons (Fsp3) is 1.00. The molecule has 0 aromatic heterocycles. The van der Waals surface area contributed by atoms with Gasteiger partial charge in [0.2, 0.25) is 0 Å². The minimum absolute atomic E-state index is 0.104. The van der Waals surface area contributed by atoms with E-state index in [1.807, 2.05) is 0 Å². The highest BCUT2D eigenvalue weighted by molar-refractivity contribution is 9.09. The fourth-order valence-corrected chi connectivity index (χ4v) is 3.06. The van der Waals surface area contributed by atoms with Crippen LogP contribution in [0.1, 0.15) is 19.8 Å². The molecule has 0 bridgehead atoms. The third-order valence-electron chi connectivity index (χ3n) is 2.91. The maximum atomic E-state index is 9.12. The topological polar surface area (TPSA) is 40.5 Å². The summed E-state index contributed by atoms with van der Waals surface area (Å²) in [7, 11) is 0. The van der Waals surface area contributed by atoms with E-state index in [1.165, 1.54) is 0 Å². The molecule has 0 heterocycles. The van der Waals surface area contributed by atoms with Gasteiger partial charge < -0.3 is 10.2 Å². The lowest BCUT2D eigenvalue weighted by molar-refractivity contribution is 0.0289. The van der Waals surface area contributed by atoms with Crippen LogP contribution in [0.5, 0.6) is 0 Å². The monoisotopic (exact) mass is 222 g/mol. The Morgan fingerprint density at radius 1 is 1.45 bits per heavy atom. The smallest absolute Gasteiger partial charge is 0.0512 e. The number of hydrogen-bond acceptors (Lipinski definition) is 2. The molecule has 0 amide bonds. The second-order valence-electron chi connectivity index (χ2n) is 3.62. The van der Waals surface area contributed by atoms with Crippen molar-refractivity contribution in [2.45, 2.75) is 24.6 Å². The van der Waals surface area contributed by atoms with Crippen molar-refractivity contribution in [3.8, 4) is 0 Å². The van der Waals surface area contributed by atoms with Crippen molar-refractivity contribution < 1.29 is 10.2 Å². The molecular formula is C8H15BrO2. The van der Waals surface area contributed by atoms with Crippen molar-refractivity contribution in [3.05, 3.63) is 0 Å². The standard InChI is InChI=1S/C8H15BrO2/c1-6-2-7(9)3-8(6,4-10)5-11/h6-7,10-11H,2-5H2,1H3/t6-,7+/m0/s1. The van der Waals surface area contributed by atoms with Gasteiger partial charge in [0.1, 0.15) is 0 Å². The Labute approximate surface area is 75.7 Å². The van der Waals surface area contributed by atoms with E-state index in [2.05, 4.69) is 22.9 Å². The summed E-state index contributed by atoms with van der Waals surface area (Å²) in [6.45, 7) is 2.30. The SMILES string of the molecule is C[C@H]1C[C@@H](Br)CC1(CO)CO. The lowest BCUT2D eigenvalue weighted by atomic mass is 9.80. The largest absolute Gasteiger partial charge is 0.396 e. The number of rotatable bonds is 2. The van der Waals surface area contributed by atoms with Crippen LogP contribution in [0.15, 0.2) is 0 Å². The van der Waals surface area contributed by atoms with E-state index in [1.54, 1.807) is 0 Å². The van der Waals surface area contributed by atoms with Crippen LogP contribution < -0.4 is 0 Å². The molecule has 0 aliphatic heterocycles.